The van der Waals surface area contributed by atoms with Crippen LogP contribution in [-0.4, -0.2) is 42.6 Å². The van der Waals surface area contributed by atoms with Crippen molar-refractivity contribution in [1.29, 1.82) is 0 Å². The molecule has 0 radical (unpaired) electrons. The minimum absolute atomic E-state index is 0.106. The zero-order chi connectivity index (χ0) is 15.4. The molecule has 0 saturated carbocycles. The van der Waals surface area contributed by atoms with Gasteiger partial charge in [-0.05, 0) is 20.8 Å². The van der Waals surface area contributed by atoms with Crippen molar-refractivity contribution in [2.75, 3.05) is 12.3 Å². The Bertz CT molecular complexity index is 559. The summed E-state index contributed by atoms with van der Waals surface area (Å²) in [6, 6.07) is 0. The van der Waals surface area contributed by atoms with Gasteiger partial charge in [-0.15, -0.1) is 5.10 Å². The topological polar surface area (TPSA) is 111 Å². The van der Waals surface area contributed by atoms with E-state index in [0.717, 1.165) is 0 Å². The molecule has 0 aromatic carbocycles. The van der Waals surface area contributed by atoms with Gasteiger partial charge in [-0.1, -0.05) is 12.0 Å². The molecule has 0 aliphatic carbocycles. The maximum absolute atomic E-state index is 11.5. The van der Waals surface area contributed by atoms with Crippen LogP contribution in [0.4, 0.5) is 4.79 Å². The van der Waals surface area contributed by atoms with Gasteiger partial charge in [0.25, 0.3) is 0 Å². The van der Waals surface area contributed by atoms with Crippen LogP contribution in [0.15, 0.2) is 9.64 Å². The molecular formula is C11H19N3O5S. The molecule has 1 N–H and O–H groups in total. The average molecular weight is 305 g/mol. The Morgan fingerprint density at radius 2 is 2.00 bits per heavy atom. The standard InChI is InChI=1S/C11H19N3O5S/c1-5-20(16,17)10-14-13-8(18-10)6-7-12-9(15)19-11(2,3)4/h5-7H2,1-4H3,(H,12,15). The molecule has 0 bridgehead atoms. The highest BCUT2D eigenvalue weighted by Crippen LogP contribution is 2.09. The van der Waals surface area contributed by atoms with E-state index in [0.29, 0.717) is 0 Å². The number of hydrogen-bond acceptors (Lipinski definition) is 7. The maximum atomic E-state index is 11.5. The van der Waals surface area contributed by atoms with Crippen molar-refractivity contribution in [3.63, 3.8) is 0 Å². The van der Waals surface area contributed by atoms with Gasteiger partial charge in [0, 0.05) is 13.0 Å². The van der Waals surface area contributed by atoms with Crippen molar-refractivity contribution >= 4 is 15.9 Å². The lowest BCUT2D eigenvalue weighted by molar-refractivity contribution is 0.0527. The molecule has 0 saturated heterocycles. The van der Waals surface area contributed by atoms with E-state index in [1.165, 1.54) is 6.92 Å². The third-order valence-corrected chi connectivity index (χ3v) is 3.56. The lowest BCUT2D eigenvalue weighted by atomic mass is 10.2. The highest BCUT2D eigenvalue weighted by Gasteiger charge is 2.20. The number of aromatic nitrogens is 2. The normalized spacial score (nSPS) is 12.2. The van der Waals surface area contributed by atoms with E-state index >= 15 is 0 Å². The highest BCUT2D eigenvalue weighted by atomic mass is 32.2. The summed E-state index contributed by atoms with van der Waals surface area (Å²) < 4.78 is 33.0. The number of nitrogens with zero attached hydrogens (tertiary/aromatic N) is 2. The van der Waals surface area contributed by atoms with Crippen LogP contribution in [0.1, 0.15) is 33.6 Å². The van der Waals surface area contributed by atoms with E-state index in [1.807, 2.05) is 0 Å². The predicted octanol–water partition coefficient (Wildman–Crippen LogP) is 0.930. The number of nitrogens with one attached hydrogen (secondary N) is 1. The van der Waals surface area contributed by atoms with Gasteiger partial charge >= 0.3 is 11.3 Å². The Hall–Kier alpha value is -1.64. The largest absolute Gasteiger partial charge is 0.444 e. The third kappa shape index (κ3) is 5.16. The molecule has 0 spiro atoms. The molecule has 0 aliphatic rings. The summed E-state index contributed by atoms with van der Waals surface area (Å²) in [5.74, 6) is 0.0400. The second-order valence-electron chi connectivity index (χ2n) is 5.04. The molecule has 1 heterocycles. The van der Waals surface area contributed by atoms with Crippen molar-refractivity contribution < 1.29 is 22.4 Å². The van der Waals surface area contributed by atoms with E-state index in [-0.39, 0.29) is 24.6 Å². The number of carbonyl (C=O) groups excluding carboxylic acids is 1. The Kier molecular flexibility index (Phi) is 5.09. The molecule has 0 fully saturated rings. The Morgan fingerprint density at radius 1 is 1.35 bits per heavy atom. The van der Waals surface area contributed by atoms with Crippen LogP contribution in [0, 0.1) is 0 Å². The molecule has 0 aliphatic heterocycles. The van der Waals surface area contributed by atoms with Crippen molar-refractivity contribution in [2.24, 2.45) is 0 Å². The SMILES string of the molecule is CCS(=O)(=O)c1nnc(CCNC(=O)OC(C)(C)C)o1. The fourth-order valence-electron chi connectivity index (χ4n) is 1.17. The lowest BCUT2D eigenvalue weighted by Crippen LogP contribution is -2.33. The fraction of sp³-hybridized carbons (Fsp3) is 0.727. The van der Waals surface area contributed by atoms with Crippen LogP contribution >= 0.6 is 0 Å². The maximum Gasteiger partial charge on any atom is 0.407 e. The summed E-state index contributed by atoms with van der Waals surface area (Å²) in [7, 11) is -3.50. The molecule has 0 atom stereocenters. The van der Waals surface area contributed by atoms with Gasteiger partial charge in [0.15, 0.2) is 0 Å². The van der Waals surface area contributed by atoms with Gasteiger partial charge in [0.05, 0.1) is 5.75 Å². The van der Waals surface area contributed by atoms with Gasteiger partial charge in [-0.25, -0.2) is 13.2 Å². The highest BCUT2D eigenvalue weighted by molar-refractivity contribution is 7.91. The quantitative estimate of drug-likeness (QED) is 0.861. The summed E-state index contributed by atoms with van der Waals surface area (Å²) >= 11 is 0. The van der Waals surface area contributed by atoms with E-state index in [4.69, 9.17) is 9.15 Å². The van der Waals surface area contributed by atoms with E-state index < -0.39 is 26.8 Å². The monoisotopic (exact) mass is 305 g/mol. The summed E-state index contributed by atoms with van der Waals surface area (Å²) in [5, 5.41) is 9.20. The van der Waals surface area contributed by atoms with Crippen LogP contribution in [-0.2, 0) is 21.0 Å². The van der Waals surface area contributed by atoms with Crippen LogP contribution in [0.25, 0.3) is 0 Å². The number of carbonyl (C=O) groups is 1. The molecule has 1 rings (SSSR count). The van der Waals surface area contributed by atoms with Crippen LogP contribution in [0.2, 0.25) is 0 Å². The van der Waals surface area contributed by atoms with Crippen LogP contribution < -0.4 is 5.32 Å². The summed E-state index contributed by atoms with van der Waals surface area (Å²) in [6.45, 7) is 6.97. The Morgan fingerprint density at radius 3 is 2.55 bits per heavy atom. The minimum atomic E-state index is -3.50. The van der Waals surface area contributed by atoms with Crippen molar-refractivity contribution in [1.82, 2.24) is 15.5 Å². The summed E-state index contributed by atoms with van der Waals surface area (Å²) in [5.41, 5.74) is -0.572. The number of ether oxygens (including phenoxy) is 1. The Labute approximate surface area is 117 Å². The molecule has 0 unspecified atom stereocenters. The van der Waals surface area contributed by atoms with Crippen molar-refractivity contribution in [2.45, 2.75) is 44.9 Å². The molecule has 1 aromatic heterocycles. The van der Waals surface area contributed by atoms with E-state index in [1.54, 1.807) is 20.8 Å². The molecule has 114 valence electrons. The summed E-state index contributed by atoms with van der Waals surface area (Å²) in [4.78, 5) is 11.4. The first-order valence-corrected chi connectivity index (χ1v) is 7.81. The predicted molar refractivity (Wildman–Crippen MR) is 70.0 cm³/mol. The van der Waals surface area contributed by atoms with E-state index in [9.17, 15) is 13.2 Å². The number of rotatable bonds is 5. The molecule has 9 heteroatoms. The molecule has 20 heavy (non-hydrogen) atoms. The van der Waals surface area contributed by atoms with Gasteiger partial charge in [-0.2, -0.15) is 0 Å². The number of sulfone groups is 1. The smallest absolute Gasteiger partial charge is 0.407 e. The lowest BCUT2D eigenvalue weighted by Gasteiger charge is -2.19. The summed E-state index contributed by atoms with van der Waals surface area (Å²) in [6.07, 6.45) is -0.329. The van der Waals surface area contributed by atoms with Crippen molar-refractivity contribution in [3.05, 3.63) is 5.89 Å². The fourth-order valence-corrected chi connectivity index (χ4v) is 1.81. The van der Waals surface area contributed by atoms with Crippen LogP contribution in [0.3, 0.4) is 0 Å². The molecule has 1 amide bonds. The van der Waals surface area contributed by atoms with Gasteiger partial charge in [0.2, 0.25) is 15.7 Å². The van der Waals surface area contributed by atoms with Crippen molar-refractivity contribution in [3.8, 4) is 0 Å². The second-order valence-corrected chi connectivity index (χ2v) is 7.20. The van der Waals surface area contributed by atoms with Gasteiger partial charge in [-0.3, -0.25) is 0 Å². The number of alkyl carbamates (subject to hydrolysis) is 1. The first-order valence-electron chi connectivity index (χ1n) is 6.16. The zero-order valence-corrected chi connectivity index (χ0v) is 12.8. The zero-order valence-electron chi connectivity index (χ0n) is 12.0. The average Bonchev–Trinajstić information content (AvgIpc) is 2.76. The minimum Gasteiger partial charge on any atom is -0.444 e. The first-order chi connectivity index (χ1) is 9.14. The third-order valence-electron chi connectivity index (χ3n) is 2.10. The van der Waals surface area contributed by atoms with Gasteiger partial charge < -0.3 is 14.5 Å². The molecular weight excluding hydrogens is 286 g/mol. The second kappa shape index (κ2) is 6.21. The van der Waals surface area contributed by atoms with Gasteiger partial charge in [0.1, 0.15) is 5.60 Å². The Balaban J connectivity index is 2.46. The first kappa shape index (κ1) is 16.4. The van der Waals surface area contributed by atoms with Crippen LogP contribution in [0.5, 0.6) is 0 Å². The number of amides is 1. The molecule has 8 nitrogen and oxygen atoms in total. The number of hydrogen-bond donors (Lipinski definition) is 1. The van der Waals surface area contributed by atoms with E-state index in [2.05, 4.69) is 15.5 Å². The molecule has 1 aromatic rings.